The lowest BCUT2D eigenvalue weighted by Crippen LogP contribution is -2.44. The van der Waals surface area contributed by atoms with Gasteiger partial charge in [-0.05, 0) is 31.4 Å². The molecule has 1 aromatic rings. The van der Waals surface area contributed by atoms with Crippen LogP contribution in [0.1, 0.15) is 32.1 Å². The molecular weight excluding hydrogens is 250 g/mol. The van der Waals surface area contributed by atoms with E-state index in [0.717, 1.165) is 56.8 Å². The van der Waals surface area contributed by atoms with E-state index in [-0.39, 0.29) is 6.03 Å². The molecule has 0 bridgehead atoms. The second kappa shape index (κ2) is 6.16. The monoisotopic (exact) mass is 273 g/mol. The largest absolute Gasteiger partial charge is 0.383 e. The van der Waals surface area contributed by atoms with Gasteiger partial charge in [0.25, 0.3) is 0 Å². The van der Waals surface area contributed by atoms with Crippen molar-refractivity contribution in [3.8, 4) is 0 Å². The molecular formula is C16H23N3O. The summed E-state index contributed by atoms with van der Waals surface area (Å²) in [6.07, 6.45) is 5.77. The number of hydrogen-bond donors (Lipinski definition) is 1. The Morgan fingerprint density at radius 3 is 2.50 bits per heavy atom. The van der Waals surface area contributed by atoms with Crippen LogP contribution in [0, 0.1) is 0 Å². The third-order valence-electron chi connectivity index (χ3n) is 4.18. The van der Waals surface area contributed by atoms with Crippen molar-refractivity contribution in [3.63, 3.8) is 0 Å². The minimum atomic E-state index is 0.183. The highest BCUT2D eigenvalue weighted by molar-refractivity contribution is 5.95. The van der Waals surface area contributed by atoms with E-state index >= 15 is 0 Å². The van der Waals surface area contributed by atoms with Crippen LogP contribution in [0.15, 0.2) is 24.3 Å². The van der Waals surface area contributed by atoms with Gasteiger partial charge in [-0.1, -0.05) is 25.0 Å². The standard InChI is InChI=1S/C16H23N3O/c20-16(18-11-5-1-2-6-12-18)19-13-7-10-17-14-8-3-4-9-15(14)19/h3-4,8-9,17H,1-2,5-7,10-13H2. The van der Waals surface area contributed by atoms with Crippen LogP contribution in [0.5, 0.6) is 0 Å². The molecule has 20 heavy (non-hydrogen) atoms. The van der Waals surface area contributed by atoms with Crippen molar-refractivity contribution in [1.82, 2.24) is 4.90 Å². The van der Waals surface area contributed by atoms with Crippen molar-refractivity contribution in [3.05, 3.63) is 24.3 Å². The molecule has 0 unspecified atom stereocenters. The van der Waals surface area contributed by atoms with Crippen LogP contribution in [0.4, 0.5) is 16.2 Å². The van der Waals surface area contributed by atoms with Crippen molar-refractivity contribution < 1.29 is 4.79 Å². The summed E-state index contributed by atoms with van der Waals surface area (Å²) in [6, 6.07) is 8.32. The Morgan fingerprint density at radius 1 is 0.950 bits per heavy atom. The number of fused-ring (bicyclic) bond motifs is 1. The van der Waals surface area contributed by atoms with E-state index < -0.39 is 0 Å². The Bertz CT molecular complexity index is 467. The van der Waals surface area contributed by atoms with Gasteiger partial charge in [0.2, 0.25) is 0 Å². The number of amides is 2. The first-order chi connectivity index (χ1) is 9.86. The second-order valence-corrected chi connectivity index (χ2v) is 5.63. The Labute approximate surface area is 120 Å². The molecule has 1 aromatic carbocycles. The number of urea groups is 1. The summed E-state index contributed by atoms with van der Waals surface area (Å²) in [6.45, 7) is 3.55. The second-order valence-electron chi connectivity index (χ2n) is 5.63. The molecule has 0 aromatic heterocycles. The van der Waals surface area contributed by atoms with Gasteiger partial charge in [-0.2, -0.15) is 0 Å². The Kier molecular flexibility index (Phi) is 4.09. The van der Waals surface area contributed by atoms with E-state index in [9.17, 15) is 4.79 Å². The summed E-state index contributed by atoms with van der Waals surface area (Å²) < 4.78 is 0. The van der Waals surface area contributed by atoms with Crippen molar-refractivity contribution in [2.24, 2.45) is 0 Å². The molecule has 1 N–H and O–H groups in total. The average molecular weight is 273 g/mol. The number of carbonyl (C=O) groups is 1. The maximum Gasteiger partial charge on any atom is 0.324 e. The normalized spacial score (nSPS) is 19.6. The van der Waals surface area contributed by atoms with E-state index in [0.29, 0.717) is 0 Å². The molecule has 3 rings (SSSR count). The Morgan fingerprint density at radius 2 is 1.70 bits per heavy atom. The highest BCUT2D eigenvalue weighted by atomic mass is 16.2. The molecule has 0 aliphatic carbocycles. The zero-order chi connectivity index (χ0) is 13.8. The molecule has 2 heterocycles. The zero-order valence-electron chi connectivity index (χ0n) is 12.0. The number of anilines is 2. The smallest absolute Gasteiger partial charge is 0.324 e. The van der Waals surface area contributed by atoms with Gasteiger partial charge in [0, 0.05) is 26.2 Å². The summed E-state index contributed by atoms with van der Waals surface area (Å²) >= 11 is 0. The molecule has 0 saturated carbocycles. The van der Waals surface area contributed by atoms with Gasteiger partial charge in [0.15, 0.2) is 0 Å². The number of nitrogens with one attached hydrogen (secondary N) is 1. The van der Waals surface area contributed by atoms with Gasteiger partial charge >= 0.3 is 6.03 Å². The minimum Gasteiger partial charge on any atom is -0.383 e. The van der Waals surface area contributed by atoms with E-state index in [1.807, 2.05) is 28.0 Å². The van der Waals surface area contributed by atoms with Gasteiger partial charge in [-0.3, -0.25) is 4.90 Å². The minimum absolute atomic E-state index is 0.183. The van der Waals surface area contributed by atoms with E-state index in [2.05, 4.69) is 11.4 Å². The fourth-order valence-corrected chi connectivity index (χ4v) is 3.07. The fourth-order valence-electron chi connectivity index (χ4n) is 3.07. The topological polar surface area (TPSA) is 35.6 Å². The van der Waals surface area contributed by atoms with Crippen molar-refractivity contribution in [1.29, 1.82) is 0 Å². The summed E-state index contributed by atoms with van der Waals surface area (Å²) in [7, 11) is 0. The number of para-hydroxylation sites is 2. The summed E-state index contributed by atoms with van der Waals surface area (Å²) in [5.74, 6) is 0. The molecule has 0 radical (unpaired) electrons. The Hall–Kier alpha value is -1.71. The summed E-state index contributed by atoms with van der Waals surface area (Å²) in [5.41, 5.74) is 2.10. The number of carbonyl (C=O) groups excluding carboxylic acids is 1. The quantitative estimate of drug-likeness (QED) is 0.787. The third kappa shape index (κ3) is 2.74. The molecule has 4 heteroatoms. The lowest BCUT2D eigenvalue weighted by Gasteiger charge is -2.29. The number of benzene rings is 1. The van der Waals surface area contributed by atoms with Crippen molar-refractivity contribution >= 4 is 17.4 Å². The average Bonchev–Trinajstić information content (AvgIpc) is 2.87. The van der Waals surface area contributed by atoms with E-state index in [4.69, 9.17) is 0 Å². The van der Waals surface area contributed by atoms with E-state index in [1.165, 1.54) is 12.8 Å². The molecule has 1 fully saturated rings. The van der Waals surface area contributed by atoms with Crippen molar-refractivity contribution in [2.45, 2.75) is 32.1 Å². The van der Waals surface area contributed by atoms with Crippen LogP contribution < -0.4 is 10.2 Å². The van der Waals surface area contributed by atoms with Gasteiger partial charge < -0.3 is 10.2 Å². The predicted octanol–water partition coefficient (Wildman–Crippen LogP) is 3.30. The molecule has 1 saturated heterocycles. The number of hydrogen-bond acceptors (Lipinski definition) is 2. The number of rotatable bonds is 0. The van der Waals surface area contributed by atoms with Crippen LogP contribution in [0.2, 0.25) is 0 Å². The number of likely N-dealkylation sites (tertiary alicyclic amines) is 1. The van der Waals surface area contributed by atoms with Crippen LogP contribution in [0.25, 0.3) is 0 Å². The molecule has 2 amide bonds. The van der Waals surface area contributed by atoms with Crippen molar-refractivity contribution in [2.75, 3.05) is 36.4 Å². The predicted molar refractivity (Wildman–Crippen MR) is 82.3 cm³/mol. The zero-order valence-corrected chi connectivity index (χ0v) is 12.0. The molecule has 0 atom stereocenters. The maximum absolute atomic E-state index is 12.8. The van der Waals surface area contributed by atoms with Crippen LogP contribution in [-0.4, -0.2) is 37.1 Å². The Balaban J connectivity index is 1.83. The van der Waals surface area contributed by atoms with Crippen LogP contribution in [0.3, 0.4) is 0 Å². The molecule has 2 aliphatic heterocycles. The maximum atomic E-state index is 12.8. The van der Waals surface area contributed by atoms with E-state index in [1.54, 1.807) is 0 Å². The first-order valence-electron chi connectivity index (χ1n) is 7.75. The first-order valence-corrected chi connectivity index (χ1v) is 7.75. The molecule has 0 spiro atoms. The highest BCUT2D eigenvalue weighted by Gasteiger charge is 2.25. The fraction of sp³-hybridized carbons (Fsp3) is 0.562. The van der Waals surface area contributed by atoms with Crippen LogP contribution >= 0.6 is 0 Å². The van der Waals surface area contributed by atoms with Gasteiger partial charge in [-0.25, -0.2) is 4.79 Å². The lowest BCUT2D eigenvalue weighted by atomic mass is 10.2. The third-order valence-corrected chi connectivity index (χ3v) is 4.18. The van der Waals surface area contributed by atoms with Crippen LogP contribution in [-0.2, 0) is 0 Å². The number of nitrogens with zero attached hydrogens (tertiary/aromatic N) is 2. The summed E-state index contributed by atoms with van der Waals surface area (Å²) in [5, 5.41) is 3.41. The SMILES string of the molecule is O=C(N1CCCCCC1)N1CCCNc2ccccc21. The highest BCUT2D eigenvalue weighted by Crippen LogP contribution is 2.29. The van der Waals surface area contributed by atoms with Gasteiger partial charge in [0.05, 0.1) is 11.4 Å². The molecule has 108 valence electrons. The first kappa shape index (κ1) is 13.3. The van der Waals surface area contributed by atoms with Gasteiger partial charge in [-0.15, -0.1) is 0 Å². The molecule has 4 nitrogen and oxygen atoms in total. The van der Waals surface area contributed by atoms with Gasteiger partial charge in [0.1, 0.15) is 0 Å². The lowest BCUT2D eigenvalue weighted by molar-refractivity contribution is 0.206. The summed E-state index contributed by atoms with van der Waals surface area (Å²) in [4.78, 5) is 16.8. The molecule has 2 aliphatic rings.